The largest absolute Gasteiger partial charge is 0.472 e. The van der Waals surface area contributed by atoms with Crippen LogP contribution in [-0.2, 0) is 0 Å². The highest BCUT2D eigenvalue weighted by atomic mass is 16.5. The summed E-state index contributed by atoms with van der Waals surface area (Å²) in [4.78, 5) is 17.5. The maximum absolute atomic E-state index is 12.2. The Morgan fingerprint density at radius 1 is 1.08 bits per heavy atom. The molecule has 0 spiro atoms. The molecule has 128 valence electrons. The molecular formula is C18H19N5O2. The van der Waals surface area contributed by atoms with Gasteiger partial charge in [-0.3, -0.25) is 4.90 Å². The summed E-state index contributed by atoms with van der Waals surface area (Å²) in [5, 5.41) is 8.41. The smallest absolute Gasteiger partial charge is 0.332 e. The number of benzene rings is 1. The Kier molecular flexibility index (Phi) is 3.34. The molecule has 6 rings (SSSR count). The van der Waals surface area contributed by atoms with Crippen molar-refractivity contribution < 1.29 is 4.74 Å². The number of ether oxygens (including phenoxy) is 1. The first-order valence-electron chi connectivity index (χ1n) is 8.71. The molecule has 0 saturated carbocycles. The van der Waals surface area contributed by atoms with Crippen LogP contribution in [0.4, 0.5) is 0 Å². The lowest BCUT2D eigenvalue weighted by Crippen LogP contribution is -2.52. The number of hydrogen-bond donors (Lipinski definition) is 1. The number of para-hydroxylation sites is 2. The van der Waals surface area contributed by atoms with Gasteiger partial charge in [0.05, 0.1) is 11.0 Å². The minimum Gasteiger partial charge on any atom is -0.472 e. The van der Waals surface area contributed by atoms with Crippen molar-refractivity contribution in [2.75, 3.05) is 19.6 Å². The van der Waals surface area contributed by atoms with Gasteiger partial charge in [0.25, 0.3) is 0 Å². The molecule has 3 aromatic rings. The van der Waals surface area contributed by atoms with Crippen molar-refractivity contribution in [3.63, 3.8) is 0 Å². The third kappa shape index (κ3) is 2.51. The van der Waals surface area contributed by atoms with Gasteiger partial charge in [-0.1, -0.05) is 12.1 Å². The fourth-order valence-corrected chi connectivity index (χ4v) is 3.98. The number of aromatic nitrogens is 4. The number of aromatic amines is 1. The highest BCUT2D eigenvalue weighted by Crippen LogP contribution is 2.30. The molecule has 0 unspecified atom stereocenters. The van der Waals surface area contributed by atoms with E-state index < -0.39 is 0 Å². The quantitative estimate of drug-likeness (QED) is 0.785. The summed E-state index contributed by atoms with van der Waals surface area (Å²) >= 11 is 0. The van der Waals surface area contributed by atoms with E-state index in [-0.39, 0.29) is 11.8 Å². The summed E-state index contributed by atoms with van der Waals surface area (Å²) < 4.78 is 7.60. The van der Waals surface area contributed by atoms with Crippen molar-refractivity contribution >= 4 is 11.0 Å². The first-order chi connectivity index (χ1) is 12.3. The molecule has 3 fully saturated rings. The highest BCUT2D eigenvalue weighted by Gasteiger charge is 2.35. The van der Waals surface area contributed by atoms with Crippen molar-refractivity contribution in [1.82, 2.24) is 24.6 Å². The second-order valence-electron chi connectivity index (χ2n) is 6.81. The normalized spacial score (nSPS) is 25.4. The maximum atomic E-state index is 12.2. The summed E-state index contributed by atoms with van der Waals surface area (Å²) in [6.45, 7) is 3.33. The fourth-order valence-electron chi connectivity index (χ4n) is 3.98. The van der Waals surface area contributed by atoms with E-state index in [9.17, 15) is 4.79 Å². The Bertz CT molecular complexity index is 954. The van der Waals surface area contributed by atoms with Gasteiger partial charge in [0.1, 0.15) is 6.10 Å². The van der Waals surface area contributed by atoms with Crippen LogP contribution in [0.15, 0.2) is 41.2 Å². The fraction of sp³-hybridized carbons (Fsp3) is 0.389. The molecule has 7 nitrogen and oxygen atoms in total. The van der Waals surface area contributed by atoms with Gasteiger partial charge in [0.15, 0.2) is 5.82 Å². The average molecular weight is 337 g/mol. The molecule has 5 heterocycles. The minimum absolute atomic E-state index is 0.193. The molecule has 2 aromatic heterocycles. The molecule has 1 aromatic carbocycles. The Labute approximate surface area is 144 Å². The minimum atomic E-state index is -0.221. The van der Waals surface area contributed by atoms with E-state index in [1.807, 2.05) is 24.3 Å². The van der Waals surface area contributed by atoms with Crippen LogP contribution in [0, 0.1) is 5.92 Å². The Balaban J connectivity index is 1.42. The van der Waals surface area contributed by atoms with Gasteiger partial charge in [-0.2, -0.15) is 0 Å². The predicted octanol–water partition coefficient (Wildman–Crippen LogP) is 1.58. The van der Waals surface area contributed by atoms with E-state index in [1.165, 1.54) is 30.5 Å². The van der Waals surface area contributed by atoms with Gasteiger partial charge in [0.2, 0.25) is 5.88 Å². The van der Waals surface area contributed by atoms with Gasteiger partial charge in [0, 0.05) is 12.6 Å². The number of nitrogens with zero attached hydrogens (tertiary/aromatic N) is 4. The van der Waals surface area contributed by atoms with E-state index in [2.05, 4.69) is 20.1 Å². The zero-order chi connectivity index (χ0) is 16.8. The van der Waals surface area contributed by atoms with Crippen LogP contribution in [0.2, 0.25) is 0 Å². The average Bonchev–Trinajstić information content (AvgIpc) is 2.99. The van der Waals surface area contributed by atoms with Crippen LogP contribution in [0.5, 0.6) is 5.88 Å². The monoisotopic (exact) mass is 337 g/mol. The lowest BCUT2D eigenvalue weighted by molar-refractivity contribution is -0.0104. The summed E-state index contributed by atoms with van der Waals surface area (Å²) in [5.41, 5.74) is 1.34. The zero-order valence-corrected chi connectivity index (χ0v) is 13.8. The van der Waals surface area contributed by atoms with Crippen LogP contribution < -0.4 is 10.4 Å². The SMILES string of the molecule is O=c1[nH]c2ccccc2n1-c1ccc(O[C@H]2CN3CCC2CC3)nn1. The summed E-state index contributed by atoms with van der Waals surface area (Å²) in [7, 11) is 0. The summed E-state index contributed by atoms with van der Waals surface area (Å²) in [5.74, 6) is 1.63. The van der Waals surface area contributed by atoms with Crippen molar-refractivity contribution in [3.05, 3.63) is 46.9 Å². The first kappa shape index (κ1) is 14.7. The van der Waals surface area contributed by atoms with Gasteiger partial charge in [-0.05, 0) is 50.0 Å². The Hall–Kier alpha value is -2.67. The van der Waals surface area contributed by atoms with Gasteiger partial charge < -0.3 is 9.72 Å². The first-order valence-corrected chi connectivity index (χ1v) is 8.71. The van der Waals surface area contributed by atoms with Crippen LogP contribution >= 0.6 is 0 Å². The zero-order valence-electron chi connectivity index (χ0n) is 13.8. The predicted molar refractivity (Wildman–Crippen MR) is 93.1 cm³/mol. The van der Waals surface area contributed by atoms with E-state index in [1.54, 1.807) is 12.1 Å². The Morgan fingerprint density at radius 3 is 2.64 bits per heavy atom. The van der Waals surface area contributed by atoms with Gasteiger partial charge >= 0.3 is 5.69 Å². The lowest BCUT2D eigenvalue weighted by Gasteiger charge is -2.44. The molecule has 3 aliphatic heterocycles. The van der Waals surface area contributed by atoms with Crippen LogP contribution in [0.3, 0.4) is 0 Å². The number of fused-ring (bicyclic) bond motifs is 4. The van der Waals surface area contributed by atoms with E-state index in [0.717, 1.165) is 17.6 Å². The molecule has 2 bridgehead atoms. The Morgan fingerprint density at radius 2 is 1.92 bits per heavy atom. The van der Waals surface area contributed by atoms with Crippen molar-refractivity contribution in [2.24, 2.45) is 5.92 Å². The van der Waals surface area contributed by atoms with Crippen LogP contribution in [0.1, 0.15) is 12.8 Å². The number of rotatable bonds is 3. The topological polar surface area (TPSA) is 76.0 Å². The van der Waals surface area contributed by atoms with Gasteiger partial charge in [-0.25, -0.2) is 9.36 Å². The van der Waals surface area contributed by atoms with E-state index in [4.69, 9.17) is 4.74 Å². The molecule has 0 amide bonds. The summed E-state index contributed by atoms with van der Waals surface area (Å²) in [6, 6.07) is 11.1. The highest BCUT2D eigenvalue weighted by molar-refractivity contribution is 5.76. The molecule has 0 aliphatic carbocycles. The van der Waals surface area contributed by atoms with Crippen molar-refractivity contribution in [2.45, 2.75) is 18.9 Å². The third-order valence-electron chi connectivity index (χ3n) is 5.31. The number of piperidine rings is 3. The van der Waals surface area contributed by atoms with Gasteiger partial charge in [-0.15, -0.1) is 10.2 Å². The standard InChI is InChI=1S/C18H19N5O2/c24-18-19-13-3-1-2-4-14(13)23(18)16-5-6-17(21-20-16)25-15-11-22-9-7-12(15)8-10-22/h1-6,12,15H,7-11H2,(H,19,24)/t15-/m0/s1. The summed E-state index contributed by atoms with van der Waals surface area (Å²) in [6.07, 6.45) is 2.58. The molecule has 25 heavy (non-hydrogen) atoms. The van der Waals surface area contributed by atoms with Crippen LogP contribution in [0.25, 0.3) is 16.9 Å². The molecule has 1 N–H and O–H groups in total. The molecule has 3 saturated heterocycles. The molecule has 0 radical (unpaired) electrons. The van der Waals surface area contributed by atoms with E-state index in [0.29, 0.717) is 17.6 Å². The molecule has 1 atom stereocenters. The number of nitrogens with one attached hydrogen (secondary N) is 1. The lowest BCUT2D eigenvalue weighted by atomic mass is 9.86. The third-order valence-corrected chi connectivity index (χ3v) is 5.31. The molecular weight excluding hydrogens is 318 g/mol. The van der Waals surface area contributed by atoms with Crippen LogP contribution in [-0.4, -0.2) is 50.4 Å². The number of H-pyrrole nitrogens is 1. The molecule has 7 heteroatoms. The van der Waals surface area contributed by atoms with Crippen molar-refractivity contribution in [1.29, 1.82) is 0 Å². The van der Waals surface area contributed by atoms with E-state index >= 15 is 0 Å². The second-order valence-corrected chi connectivity index (χ2v) is 6.81. The maximum Gasteiger partial charge on any atom is 0.332 e. The van der Waals surface area contributed by atoms with Crippen molar-refractivity contribution in [3.8, 4) is 11.7 Å². The second kappa shape index (κ2) is 5.70. The number of imidazole rings is 1. The number of hydrogen-bond acceptors (Lipinski definition) is 5. The molecule has 3 aliphatic rings.